The summed E-state index contributed by atoms with van der Waals surface area (Å²) < 4.78 is 11.6. The number of piperazine rings is 1. The summed E-state index contributed by atoms with van der Waals surface area (Å²) in [5.74, 6) is 2.36. The third kappa shape index (κ3) is 6.08. The lowest BCUT2D eigenvalue weighted by Gasteiger charge is -2.32. The maximum atomic E-state index is 11.3. The van der Waals surface area contributed by atoms with E-state index in [1.807, 2.05) is 24.3 Å². The fourth-order valence-corrected chi connectivity index (χ4v) is 3.05. The summed E-state index contributed by atoms with van der Waals surface area (Å²) in [6.07, 6.45) is 1.03. The van der Waals surface area contributed by atoms with E-state index in [-0.39, 0.29) is 5.78 Å². The van der Waals surface area contributed by atoms with Gasteiger partial charge in [0.2, 0.25) is 0 Å². The Balaban J connectivity index is 1.40. The van der Waals surface area contributed by atoms with Crippen LogP contribution in [0.3, 0.4) is 0 Å². The van der Waals surface area contributed by atoms with Gasteiger partial charge in [-0.05, 0) is 68.9 Å². The maximum absolute atomic E-state index is 11.3. The lowest BCUT2D eigenvalue weighted by molar-refractivity contribution is 0.101. The van der Waals surface area contributed by atoms with Crippen molar-refractivity contribution in [3.63, 3.8) is 0 Å². The highest BCUT2D eigenvalue weighted by Gasteiger charge is 2.12. The van der Waals surface area contributed by atoms with Crippen LogP contribution >= 0.6 is 0 Å². The van der Waals surface area contributed by atoms with Crippen molar-refractivity contribution in [2.24, 2.45) is 0 Å². The molecule has 3 rings (SSSR count). The molecular weight excluding hydrogens is 340 g/mol. The summed E-state index contributed by atoms with van der Waals surface area (Å²) in [5.41, 5.74) is 0.683. The summed E-state index contributed by atoms with van der Waals surface area (Å²) >= 11 is 0. The number of benzene rings is 2. The molecule has 0 aliphatic carbocycles. The number of ketones is 1. The van der Waals surface area contributed by atoms with Crippen LogP contribution in [0.1, 0.15) is 23.7 Å². The van der Waals surface area contributed by atoms with Crippen LogP contribution in [0.25, 0.3) is 0 Å². The van der Waals surface area contributed by atoms with Gasteiger partial charge >= 0.3 is 0 Å². The molecule has 0 N–H and O–H groups in total. The first kappa shape index (κ1) is 19.4. The van der Waals surface area contributed by atoms with E-state index in [2.05, 4.69) is 16.8 Å². The third-order valence-corrected chi connectivity index (χ3v) is 4.80. The molecule has 1 fully saturated rings. The van der Waals surface area contributed by atoms with Gasteiger partial charge in [0.1, 0.15) is 17.2 Å². The van der Waals surface area contributed by atoms with Gasteiger partial charge in [-0.2, -0.15) is 0 Å². The van der Waals surface area contributed by atoms with E-state index in [0.717, 1.165) is 57.3 Å². The van der Waals surface area contributed by atoms with Crippen LogP contribution in [0.5, 0.6) is 17.2 Å². The molecule has 0 radical (unpaired) electrons. The molecule has 0 saturated carbocycles. The molecule has 5 heteroatoms. The molecule has 2 aromatic rings. The second-order valence-electron chi connectivity index (χ2n) is 7.00. The second kappa shape index (κ2) is 9.53. The van der Waals surface area contributed by atoms with Crippen LogP contribution in [0, 0.1) is 0 Å². The van der Waals surface area contributed by atoms with Crippen molar-refractivity contribution >= 4 is 5.78 Å². The largest absolute Gasteiger partial charge is 0.494 e. The molecule has 1 saturated heterocycles. The Morgan fingerprint density at radius 3 is 2.04 bits per heavy atom. The number of hydrogen-bond donors (Lipinski definition) is 0. The van der Waals surface area contributed by atoms with Crippen LogP contribution in [-0.2, 0) is 0 Å². The van der Waals surface area contributed by atoms with Crippen LogP contribution in [0.2, 0.25) is 0 Å². The Morgan fingerprint density at radius 1 is 0.889 bits per heavy atom. The zero-order valence-corrected chi connectivity index (χ0v) is 16.2. The van der Waals surface area contributed by atoms with Crippen molar-refractivity contribution in [2.45, 2.75) is 13.3 Å². The lowest BCUT2D eigenvalue weighted by Crippen LogP contribution is -2.44. The third-order valence-electron chi connectivity index (χ3n) is 4.80. The minimum atomic E-state index is 0.0516. The number of rotatable bonds is 8. The highest BCUT2D eigenvalue weighted by molar-refractivity contribution is 5.94. The predicted molar refractivity (Wildman–Crippen MR) is 107 cm³/mol. The summed E-state index contributed by atoms with van der Waals surface area (Å²) in [6, 6.07) is 14.8. The summed E-state index contributed by atoms with van der Waals surface area (Å²) in [5, 5.41) is 0. The first-order valence-electron chi connectivity index (χ1n) is 9.53. The fraction of sp³-hybridized carbons (Fsp3) is 0.409. The number of carbonyl (C=O) groups is 1. The monoisotopic (exact) mass is 368 g/mol. The van der Waals surface area contributed by atoms with Crippen molar-refractivity contribution < 1.29 is 14.3 Å². The SMILES string of the molecule is CC(=O)c1ccc(Oc2ccc(OCCCN3CCN(C)CC3)cc2)cc1. The second-order valence-corrected chi connectivity index (χ2v) is 7.00. The Hall–Kier alpha value is -2.37. The van der Waals surface area contributed by atoms with E-state index in [0.29, 0.717) is 11.3 Å². The van der Waals surface area contributed by atoms with Gasteiger partial charge < -0.3 is 19.3 Å². The fourth-order valence-electron chi connectivity index (χ4n) is 3.05. The smallest absolute Gasteiger partial charge is 0.159 e. The van der Waals surface area contributed by atoms with Crippen LogP contribution in [-0.4, -0.2) is 62.0 Å². The molecule has 1 aliphatic heterocycles. The average molecular weight is 368 g/mol. The van der Waals surface area contributed by atoms with E-state index >= 15 is 0 Å². The van der Waals surface area contributed by atoms with E-state index < -0.39 is 0 Å². The standard InChI is InChI=1S/C22H28N2O3/c1-18(25)19-4-6-21(7-5-19)27-22-10-8-20(9-11-22)26-17-3-12-24-15-13-23(2)14-16-24/h4-11H,3,12-17H2,1-2H3. The maximum Gasteiger partial charge on any atom is 0.159 e. The minimum absolute atomic E-state index is 0.0516. The highest BCUT2D eigenvalue weighted by Crippen LogP contribution is 2.24. The number of carbonyl (C=O) groups excluding carboxylic acids is 1. The van der Waals surface area contributed by atoms with Gasteiger partial charge in [-0.15, -0.1) is 0 Å². The van der Waals surface area contributed by atoms with E-state index in [1.54, 1.807) is 31.2 Å². The first-order valence-corrected chi connectivity index (χ1v) is 9.53. The Labute approximate surface area is 161 Å². The molecule has 144 valence electrons. The predicted octanol–water partition coefficient (Wildman–Crippen LogP) is 3.70. The molecule has 27 heavy (non-hydrogen) atoms. The van der Waals surface area contributed by atoms with Gasteiger partial charge in [-0.25, -0.2) is 0 Å². The summed E-state index contributed by atoms with van der Waals surface area (Å²) in [6.45, 7) is 7.97. The number of hydrogen-bond acceptors (Lipinski definition) is 5. The Kier molecular flexibility index (Phi) is 6.85. The van der Waals surface area contributed by atoms with Crippen LogP contribution in [0.15, 0.2) is 48.5 Å². The van der Waals surface area contributed by atoms with Gasteiger partial charge in [-0.1, -0.05) is 0 Å². The molecule has 0 atom stereocenters. The van der Waals surface area contributed by atoms with Crippen molar-refractivity contribution in [1.29, 1.82) is 0 Å². The molecule has 0 bridgehead atoms. The summed E-state index contributed by atoms with van der Waals surface area (Å²) in [4.78, 5) is 16.2. The average Bonchev–Trinajstić information content (AvgIpc) is 2.68. The Morgan fingerprint density at radius 2 is 1.44 bits per heavy atom. The number of nitrogens with zero attached hydrogens (tertiary/aromatic N) is 2. The van der Waals surface area contributed by atoms with Gasteiger partial charge in [0, 0.05) is 38.3 Å². The quantitative estimate of drug-likeness (QED) is 0.525. The molecule has 0 unspecified atom stereocenters. The number of likely N-dealkylation sites (N-methyl/N-ethyl adjacent to an activating group) is 1. The van der Waals surface area contributed by atoms with Gasteiger partial charge in [0.25, 0.3) is 0 Å². The lowest BCUT2D eigenvalue weighted by atomic mass is 10.1. The van der Waals surface area contributed by atoms with Gasteiger partial charge in [0.15, 0.2) is 5.78 Å². The number of Topliss-reactive ketones (excluding diaryl/α,β-unsaturated/α-hetero) is 1. The minimum Gasteiger partial charge on any atom is -0.494 e. The molecule has 0 amide bonds. The molecule has 0 aromatic heterocycles. The van der Waals surface area contributed by atoms with Crippen LogP contribution < -0.4 is 9.47 Å². The molecule has 0 spiro atoms. The zero-order chi connectivity index (χ0) is 19.1. The zero-order valence-electron chi connectivity index (χ0n) is 16.2. The molecule has 1 heterocycles. The number of ether oxygens (including phenoxy) is 2. The normalized spacial score (nSPS) is 15.5. The van der Waals surface area contributed by atoms with Crippen molar-refractivity contribution in [3.05, 3.63) is 54.1 Å². The van der Waals surface area contributed by atoms with Crippen molar-refractivity contribution in [2.75, 3.05) is 46.4 Å². The molecule has 2 aromatic carbocycles. The summed E-state index contributed by atoms with van der Waals surface area (Å²) in [7, 11) is 2.18. The molecule has 1 aliphatic rings. The van der Waals surface area contributed by atoms with E-state index in [4.69, 9.17) is 9.47 Å². The highest BCUT2D eigenvalue weighted by atomic mass is 16.5. The van der Waals surface area contributed by atoms with Gasteiger partial charge in [0.05, 0.1) is 6.61 Å². The van der Waals surface area contributed by atoms with Crippen LogP contribution in [0.4, 0.5) is 0 Å². The van der Waals surface area contributed by atoms with Gasteiger partial charge in [-0.3, -0.25) is 4.79 Å². The first-order chi connectivity index (χ1) is 13.1. The Bertz CT molecular complexity index is 720. The molecule has 5 nitrogen and oxygen atoms in total. The van der Waals surface area contributed by atoms with Crippen molar-refractivity contribution in [1.82, 2.24) is 9.80 Å². The molecular formula is C22H28N2O3. The van der Waals surface area contributed by atoms with E-state index in [1.165, 1.54) is 0 Å². The van der Waals surface area contributed by atoms with Crippen molar-refractivity contribution in [3.8, 4) is 17.2 Å². The topological polar surface area (TPSA) is 42.0 Å². The van der Waals surface area contributed by atoms with E-state index in [9.17, 15) is 4.79 Å².